The molecule has 0 saturated carbocycles. The number of nitrogens with two attached hydrogens (primary N) is 1. The highest BCUT2D eigenvalue weighted by molar-refractivity contribution is 14.1. The summed E-state index contributed by atoms with van der Waals surface area (Å²) in [4.78, 5) is 0. The zero-order valence-electron chi connectivity index (χ0n) is 9.94. The third-order valence-corrected chi connectivity index (χ3v) is 5.60. The molecule has 1 atom stereocenters. The molecule has 0 fully saturated rings. The van der Waals surface area contributed by atoms with Crippen LogP contribution < -0.4 is 5.73 Å². The third-order valence-electron chi connectivity index (χ3n) is 3.14. The number of hydrogen-bond acceptors (Lipinski definition) is 2. The second-order valence-corrected chi connectivity index (χ2v) is 7.32. The van der Waals surface area contributed by atoms with Gasteiger partial charge in [0.2, 0.25) is 0 Å². The van der Waals surface area contributed by atoms with Gasteiger partial charge in [-0.25, -0.2) is 0 Å². The molecule has 1 unspecified atom stereocenters. The topological polar surface area (TPSA) is 26.0 Å². The maximum absolute atomic E-state index is 6.48. The summed E-state index contributed by atoms with van der Waals surface area (Å²) in [6.07, 6.45) is 0. The van der Waals surface area contributed by atoms with E-state index in [0.29, 0.717) is 0 Å². The van der Waals surface area contributed by atoms with Crippen LogP contribution in [0.3, 0.4) is 0 Å². The molecule has 1 heterocycles. The molecule has 19 heavy (non-hydrogen) atoms. The van der Waals surface area contributed by atoms with Crippen LogP contribution >= 0.6 is 49.9 Å². The van der Waals surface area contributed by atoms with E-state index in [0.717, 1.165) is 4.47 Å². The lowest BCUT2D eigenvalue weighted by atomic mass is 9.99. The summed E-state index contributed by atoms with van der Waals surface area (Å²) in [6.45, 7) is 0. The van der Waals surface area contributed by atoms with Crippen molar-refractivity contribution in [2.75, 3.05) is 0 Å². The summed E-state index contributed by atoms with van der Waals surface area (Å²) < 4.78 is 3.56. The number of thiophene rings is 1. The minimum Gasteiger partial charge on any atom is -0.320 e. The van der Waals surface area contributed by atoms with Crippen LogP contribution in [0.2, 0.25) is 0 Å². The number of fused-ring (bicyclic) bond motifs is 1. The lowest BCUT2D eigenvalue weighted by Crippen LogP contribution is -2.12. The van der Waals surface area contributed by atoms with Crippen molar-refractivity contribution in [1.29, 1.82) is 0 Å². The monoisotopic (exact) mass is 443 g/mol. The predicted octanol–water partition coefficient (Wildman–Crippen LogP) is 5.32. The first kappa shape index (κ1) is 13.5. The van der Waals surface area contributed by atoms with E-state index in [1.54, 1.807) is 11.3 Å². The van der Waals surface area contributed by atoms with Crippen molar-refractivity contribution >= 4 is 59.9 Å². The van der Waals surface area contributed by atoms with Gasteiger partial charge in [-0.3, -0.25) is 0 Å². The van der Waals surface area contributed by atoms with Crippen molar-refractivity contribution in [3.8, 4) is 0 Å². The SMILES string of the molecule is NC(c1cc(Br)ccc1I)c1csc2ccccc12. The largest absolute Gasteiger partial charge is 0.320 e. The van der Waals surface area contributed by atoms with E-state index in [1.165, 1.54) is 24.8 Å². The molecule has 0 aliphatic carbocycles. The Labute approximate surface area is 138 Å². The van der Waals surface area contributed by atoms with E-state index < -0.39 is 0 Å². The predicted molar refractivity (Wildman–Crippen MR) is 94.7 cm³/mol. The highest BCUT2D eigenvalue weighted by Gasteiger charge is 2.16. The Kier molecular flexibility index (Phi) is 3.93. The molecular weight excluding hydrogens is 433 g/mol. The van der Waals surface area contributed by atoms with E-state index in [4.69, 9.17) is 5.73 Å². The van der Waals surface area contributed by atoms with E-state index in [9.17, 15) is 0 Å². The molecule has 2 aromatic carbocycles. The molecule has 0 saturated heterocycles. The van der Waals surface area contributed by atoms with Crippen LogP contribution in [0.15, 0.2) is 52.3 Å². The van der Waals surface area contributed by atoms with Gasteiger partial charge in [-0.1, -0.05) is 34.1 Å². The van der Waals surface area contributed by atoms with Gasteiger partial charge in [0.1, 0.15) is 0 Å². The molecule has 4 heteroatoms. The number of hydrogen-bond donors (Lipinski definition) is 1. The van der Waals surface area contributed by atoms with Crippen molar-refractivity contribution in [2.24, 2.45) is 5.73 Å². The zero-order chi connectivity index (χ0) is 13.4. The summed E-state index contributed by atoms with van der Waals surface area (Å²) in [6, 6.07) is 14.6. The van der Waals surface area contributed by atoms with Gasteiger partial charge in [0, 0.05) is 12.7 Å². The molecule has 1 aromatic heterocycles. The van der Waals surface area contributed by atoms with E-state index in [1.807, 2.05) is 6.07 Å². The van der Waals surface area contributed by atoms with Gasteiger partial charge in [0.15, 0.2) is 0 Å². The van der Waals surface area contributed by atoms with Crippen LogP contribution in [0.25, 0.3) is 10.1 Å². The summed E-state index contributed by atoms with van der Waals surface area (Å²) in [5, 5.41) is 3.43. The van der Waals surface area contributed by atoms with Crippen molar-refractivity contribution in [1.82, 2.24) is 0 Å². The Morgan fingerprint density at radius 1 is 1.11 bits per heavy atom. The molecule has 3 rings (SSSR count). The highest BCUT2D eigenvalue weighted by Crippen LogP contribution is 2.34. The number of halogens is 2. The smallest absolute Gasteiger partial charge is 0.0576 e. The minimum atomic E-state index is -0.0828. The Hall–Kier alpha value is -0.430. The van der Waals surface area contributed by atoms with E-state index in [2.05, 4.69) is 80.3 Å². The quantitative estimate of drug-likeness (QED) is 0.533. The lowest BCUT2D eigenvalue weighted by molar-refractivity contribution is 0.877. The summed E-state index contributed by atoms with van der Waals surface area (Å²) in [7, 11) is 0. The summed E-state index contributed by atoms with van der Waals surface area (Å²) >= 11 is 7.62. The van der Waals surface area contributed by atoms with Crippen molar-refractivity contribution < 1.29 is 0 Å². The summed E-state index contributed by atoms with van der Waals surface area (Å²) in [5.74, 6) is 0. The van der Waals surface area contributed by atoms with Crippen LogP contribution in [0.1, 0.15) is 17.2 Å². The van der Waals surface area contributed by atoms with Crippen LogP contribution in [0.5, 0.6) is 0 Å². The minimum absolute atomic E-state index is 0.0828. The highest BCUT2D eigenvalue weighted by atomic mass is 127. The van der Waals surface area contributed by atoms with Gasteiger partial charge in [0.05, 0.1) is 6.04 Å². The molecule has 0 aliphatic rings. The van der Waals surface area contributed by atoms with Crippen LogP contribution in [-0.4, -0.2) is 0 Å². The molecule has 96 valence electrons. The van der Waals surface area contributed by atoms with Crippen LogP contribution in [0, 0.1) is 3.57 Å². The Bertz CT molecular complexity index is 738. The molecule has 0 aliphatic heterocycles. The maximum atomic E-state index is 6.48. The molecule has 2 N–H and O–H groups in total. The molecule has 0 bridgehead atoms. The average molecular weight is 444 g/mol. The fraction of sp³-hybridized carbons (Fsp3) is 0.0667. The molecule has 3 aromatic rings. The molecular formula is C15H11BrINS. The third kappa shape index (κ3) is 2.59. The van der Waals surface area contributed by atoms with Gasteiger partial charge in [-0.05, 0) is 68.7 Å². The molecule has 0 radical (unpaired) electrons. The standard InChI is InChI=1S/C15H11BrINS/c16-9-5-6-13(17)11(7-9)15(18)12-8-19-14-4-2-1-3-10(12)14/h1-8,15H,18H2. The first-order valence-corrected chi connectivity index (χ1v) is 8.58. The van der Waals surface area contributed by atoms with Crippen LogP contribution in [-0.2, 0) is 0 Å². The fourth-order valence-electron chi connectivity index (χ4n) is 2.16. The van der Waals surface area contributed by atoms with Crippen molar-refractivity contribution in [2.45, 2.75) is 6.04 Å². The zero-order valence-corrected chi connectivity index (χ0v) is 14.5. The van der Waals surface area contributed by atoms with Crippen LogP contribution in [0.4, 0.5) is 0 Å². The van der Waals surface area contributed by atoms with Gasteiger partial charge in [-0.2, -0.15) is 0 Å². The molecule has 0 spiro atoms. The van der Waals surface area contributed by atoms with E-state index in [-0.39, 0.29) is 6.04 Å². The first-order valence-electron chi connectivity index (χ1n) is 5.83. The number of rotatable bonds is 2. The second kappa shape index (κ2) is 5.52. The Morgan fingerprint density at radius 2 is 1.89 bits per heavy atom. The van der Waals surface area contributed by atoms with Gasteiger partial charge < -0.3 is 5.73 Å². The van der Waals surface area contributed by atoms with Gasteiger partial charge in [-0.15, -0.1) is 11.3 Å². The van der Waals surface area contributed by atoms with Crippen molar-refractivity contribution in [3.63, 3.8) is 0 Å². The normalized spacial score (nSPS) is 12.8. The van der Waals surface area contributed by atoms with Gasteiger partial charge in [0.25, 0.3) is 0 Å². The average Bonchev–Trinajstić information content (AvgIpc) is 2.84. The number of benzene rings is 2. The fourth-order valence-corrected chi connectivity index (χ4v) is 4.21. The van der Waals surface area contributed by atoms with Crippen molar-refractivity contribution in [3.05, 3.63) is 67.0 Å². The van der Waals surface area contributed by atoms with E-state index >= 15 is 0 Å². The molecule has 0 amide bonds. The maximum Gasteiger partial charge on any atom is 0.0576 e. The second-order valence-electron chi connectivity index (χ2n) is 4.33. The lowest BCUT2D eigenvalue weighted by Gasteiger charge is -2.14. The van der Waals surface area contributed by atoms with Gasteiger partial charge >= 0.3 is 0 Å². The first-order chi connectivity index (χ1) is 9.16. The Balaban J connectivity index is 2.13. The molecule has 1 nitrogen and oxygen atoms in total. The Morgan fingerprint density at radius 3 is 2.74 bits per heavy atom. The summed E-state index contributed by atoms with van der Waals surface area (Å²) in [5.41, 5.74) is 8.85.